The van der Waals surface area contributed by atoms with Crippen molar-refractivity contribution in [2.45, 2.75) is 38.9 Å². The van der Waals surface area contributed by atoms with Gasteiger partial charge in [0.1, 0.15) is 5.82 Å². The van der Waals surface area contributed by atoms with Crippen molar-refractivity contribution in [3.05, 3.63) is 22.8 Å². The van der Waals surface area contributed by atoms with Crippen molar-refractivity contribution in [3.8, 4) is 0 Å². The molecule has 2 heterocycles. The number of hydrogen-bond acceptors (Lipinski definition) is 3. The fourth-order valence-electron chi connectivity index (χ4n) is 2.75. The smallest absolute Gasteiger partial charge is 0.352 e. The van der Waals surface area contributed by atoms with E-state index in [0.29, 0.717) is 32.0 Å². The van der Waals surface area contributed by atoms with Gasteiger partial charge in [0, 0.05) is 38.4 Å². The molecule has 25 heavy (non-hydrogen) atoms. The number of halogens is 4. The van der Waals surface area contributed by atoms with Crippen LogP contribution in [-0.4, -0.2) is 48.1 Å². The molecule has 0 radical (unpaired) electrons. The fraction of sp³-hybridized carbons (Fsp3) is 0.625. The van der Waals surface area contributed by atoms with Crippen molar-refractivity contribution in [1.29, 1.82) is 0 Å². The quantitative estimate of drug-likeness (QED) is 0.867. The summed E-state index contributed by atoms with van der Waals surface area (Å²) in [6.07, 6.45) is -1.78. The number of nitrogens with zero attached hydrogens (tertiary/aromatic N) is 3. The average Bonchev–Trinajstić information content (AvgIpc) is 2.54. The van der Waals surface area contributed by atoms with E-state index < -0.39 is 11.7 Å². The Bertz CT molecular complexity index is 604. The van der Waals surface area contributed by atoms with Crippen molar-refractivity contribution in [2.75, 3.05) is 31.1 Å². The van der Waals surface area contributed by atoms with Crippen LogP contribution in [0.3, 0.4) is 0 Å². The highest BCUT2D eigenvalue weighted by Crippen LogP contribution is 2.33. The van der Waals surface area contributed by atoms with Gasteiger partial charge < -0.3 is 15.1 Å². The van der Waals surface area contributed by atoms with E-state index in [1.165, 1.54) is 0 Å². The zero-order chi connectivity index (χ0) is 18.6. The number of alkyl halides is 3. The minimum absolute atomic E-state index is 0.0377. The van der Waals surface area contributed by atoms with Crippen molar-refractivity contribution in [1.82, 2.24) is 15.2 Å². The molecule has 0 aromatic carbocycles. The molecule has 1 saturated heterocycles. The molecule has 2 rings (SSSR count). The first-order valence-electron chi connectivity index (χ1n) is 8.25. The highest BCUT2D eigenvalue weighted by atomic mass is 35.5. The predicted molar refractivity (Wildman–Crippen MR) is 90.9 cm³/mol. The molecule has 0 bridgehead atoms. The molecule has 1 aromatic heterocycles. The lowest BCUT2D eigenvalue weighted by Gasteiger charge is -2.36. The molecule has 1 aliphatic rings. The molecule has 2 amide bonds. The molecule has 1 aromatic rings. The van der Waals surface area contributed by atoms with E-state index in [1.807, 2.05) is 6.92 Å². The Morgan fingerprint density at radius 1 is 1.36 bits per heavy atom. The van der Waals surface area contributed by atoms with E-state index in [4.69, 9.17) is 11.6 Å². The summed E-state index contributed by atoms with van der Waals surface area (Å²) in [4.78, 5) is 19.5. The van der Waals surface area contributed by atoms with Gasteiger partial charge in [-0.05, 0) is 19.4 Å². The number of urea groups is 1. The number of hydrogen-bond donors (Lipinski definition) is 1. The van der Waals surface area contributed by atoms with E-state index >= 15 is 0 Å². The van der Waals surface area contributed by atoms with Gasteiger partial charge in [-0.25, -0.2) is 9.78 Å². The molecule has 0 unspecified atom stereocenters. The molecule has 5 nitrogen and oxygen atoms in total. The van der Waals surface area contributed by atoms with E-state index in [1.54, 1.807) is 9.80 Å². The Hall–Kier alpha value is -1.70. The zero-order valence-electron chi connectivity index (χ0n) is 14.2. The first-order chi connectivity index (χ1) is 11.7. The third-order valence-electron chi connectivity index (χ3n) is 4.11. The number of amides is 2. The predicted octanol–water partition coefficient (Wildman–Crippen LogP) is 3.77. The molecular weight excluding hydrogens is 357 g/mol. The SMILES string of the molecule is CCC[C@H](C)NC(=O)N1CCN(c2ncc(C(F)(F)F)cc2Cl)CC1. The molecule has 9 heteroatoms. The first-order valence-corrected chi connectivity index (χ1v) is 8.63. The zero-order valence-corrected chi connectivity index (χ0v) is 15.0. The molecule has 140 valence electrons. The van der Waals surface area contributed by atoms with Crippen molar-refractivity contribution >= 4 is 23.4 Å². The maximum absolute atomic E-state index is 12.7. The number of carbonyl (C=O) groups is 1. The van der Waals surface area contributed by atoms with Gasteiger partial charge >= 0.3 is 12.2 Å². The molecular formula is C16H22ClF3N4O. The van der Waals surface area contributed by atoms with Gasteiger partial charge in [0.25, 0.3) is 0 Å². The Kier molecular flexibility index (Phi) is 6.37. The van der Waals surface area contributed by atoms with Crippen LogP contribution in [0.5, 0.6) is 0 Å². The number of rotatable bonds is 4. The molecule has 0 spiro atoms. The highest BCUT2D eigenvalue weighted by Gasteiger charge is 2.32. The summed E-state index contributed by atoms with van der Waals surface area (Å²) >= 11 is 5.97. The van der Waals surface area contributed by atoms with E-state index in [0.717, 1.165) is 25.1 Å². The van der Waals surface area contributed by atoms with E-state index in [9.17, 15) is 18.0 Å². The number of aromatic nitrogens is 1. The van der Waals surface area contributed by atoms with Crippen molar-refractivity contribution < 1.29 is 18.0 Å². The van der Waals surface area contributed by atoms with E-state index in [2.05, 4.69) is 17.2 Å². The molecule has 1 atom stereocenters. The molecule has 1 fully saturated rings. The van der Waals surface area contributed by atoms with Gasteiger partial charge in [-0.1, -0.05) is 24.9 Å². The fourth-order valence-corrected chi connectivity index (χ4v) is 3.03. The average molecular weight is 379 g/mol. The van der Waals surface area contributed by atoms with Crippen LogP contribution in [0, 0.1) is 0 Å². The summed E-state index contributed by atoms with van der Waals surface area (Å²) in [6, 6.07) is 0.878. The second-order valence-electron chi connectivity index (χ2n) is 6.14. The largest absolute Gasteiger partial charge is 0.417 e. The van der Waals surface area contributed by atoms with E-state index in [-0.39, 0.29) is 17.1 Å². The van der Waals surface area contributed by atoms with Gasteiger partial charge in [-0.2, -0.15) is 13.2 Å². The van der Waals surface area contributed by atoms with Gasteiger partial charge in [0.15, 0.2) is 0 Å². The number of nitrogens with one attached hydrogen (secondary N) is 1. The maximum Gasteiger partial charge on any atom is 0.417 e. The Labute approximate surface area is 150 Å². The number of piperazine rings is 1. The molecule has 1 aliphatic heterocycles. The molecule has 0 saturated carbocycles. The number of anilines is 1. The van der Waals surface area contributed by atoms with Gasteiger partial charge in [-0.3, -0.25) is 0 Å². The summed E-state index contributed by atoms with van der Waals surface area (Å²) < 4.78 is 38.0. The number of carbonyl (C=O) groups excluding carboxylic acids is 1. The van der Waals surface area contributed by atoms with Gasteiger partial charge in [0.05, 0.1) is 10.6 Å². The Morgan fingerprint density at radius 3 is 2.52 bits per heavy atom. The van der Waals surface area contributed by atoms with Crippen LogP contribution in [0.1, 0.15) is 32.3 Å². The lowest BCUT2D eigenvalue weighted by molar-refractivity contribution is -0.137. The van der Waals surface area contributed by atoms with Crippen LogP contribution >= 0.6 is 11.6 Å². The monoisotopic (exact) mass is 378 g/mol. The molecule has 0 aliphatic carbocycles. The lowest BCUT2D eigenvalue weighted by atomic mass is 10.2. The first kappa shape index (κ1) is 19.6. The number of pyridine rings is 1. The van der Waals surface area contributed by atoms with Crippen molar-refractivity contribution in [2.24, 2.45) is 0 Å². The highest BCUT2D eigenvalue weighted by molar-refractivity contribution is 6.33. The second kappa shape index (κ2) is 8.12. The lowest BCUT2D eigenvalue weighted by Crippen LogP contribution is -2.53. The third-order valence-corrected chi connectivity index (χ3v) is 4.39. The second-order valence-corrected chi connectivity index (χ2v) is 6.55. The topological polar surface area (TPSA) is 48.5 Å². The standard InChI is InChI=1S/C16H22ClF3N4O/c1-3-4-11(2)22-15(25)24-7-5-23(6-8-24)14-13(17)9-12(10-21-14)16(18,19)20/h9-11H,3-8H2,1-2H3,(H,22,25)/t11-/m0/s1. The summed E-state index contributed by atoms with van der Waals surface area (Å²) in [5, 5.41) is 2.90. The van der Waals surface area contributed by atoms with Crippen LogP contribution in [0.15, 0.2) is 12.3 Å². The summed E-state index contributed by atoms with van der Waals surface area (Å²) in [7, 11) is 0. The summed E-state index contributed by atoms with van der Waals surface area (Å²) in [6.45, 7) is 5.88. The van der Waals surface area contributed by atoms with Gasteiger partial charge in [0.2, 0.25) is 0 Å². The van der Waals surface area contributed by atoms with Crippen molar-refractivity contribution in [3.63, 3.8) is 0 Å². The Balaban J connectivity index is 1.95. The van der Waals surface area contributed by atoms with Gasteiger partial charge in [-0.15, -0.1) is 0 Å². The molecule has 1 N–H and O–H groups in total. The van der Waals surface area contributed by atoms with Crippen LogP contribution in [0.2, 0.25) is 5.02 Å². The van der Waals surface area contributed by atoms with Crippen LogP contribution in [-0.2, 0) is 6.18 Å². The normalized spacial score (nSPS) is 16.7. The third kappa shape index (κ3) is 5.14. The minimum atomic E-state index is -4.47. The Morgan fingerprint density at radius 2 is 2.00 bits per heavy atom. The van der Waals surface area contributed by atoms with Crippen LogP contribution < -0.4 is 10.2 Å². The minimum Gasteiger partial charge on any atom is -0.352 e. The summed E-state index contributed by atoms with van der Waals surface area (Å²) in [5.74, 6) is 0.314. The summed E-state index contributed by atoms with van der Waals surface area (Å²) in [5.41, 5.74) is -0.871. The van der Waals surface area contributed by atoms with Crippen LogP contribution in [0.25, 0.3) is 0 Å². The maximum atomic E-state index is 12.7. The van der Waals surface area contributed by atoms with Crippen LogP contribution in [0.4, 0.5) is 23.8 Å².